The fourth-order valence-electron chi connectivity index (χ4n) is 1.18. The van der Waals surface area contributed by atoms with Crippen LogP contribution in [0.1, 0.15) is 32.6 Å². The SMILES string of the molecule is CCCCCC[n+]1cc[nH]c1.COC(=O)[O-]. The Hall–Kier alpha value is -1.52. The average Bonchev–Trinajstić information content (AvgIpc) is 2.78. The number of nitrogens with one attached hydrogen (secondary N) is 1. The number of hydrogen-bond donors (Lipinski definition) is 1. The van der Waals surface area contributed by atoms with Crippen LogP contribution in [0.2, 0.25) is 0 Å². The average molecular weight is 228 g/mol. The molecule has 92 valence electrons. The van der Waals surface area contributed by atoms with E-state index in [1.165, 1.54) is 25.7 Å². The highest BCUT2D eigenvalue weighted by Gasteiger charge is 1.94. The van der Waals surface area contributed by atoms with Gasteiger partial charge in [-0.15, -0.1) is 0 Å². The lowest BCUT2D eigenvalue weighted by molar-refractivity contribution is -0.696. The lowest BCUT2D eigenvalue weighted by atomic mass is 10.2. The number of unbranched alkanes of at least 4 members (excludes halogenated alkanes) is 3. The third kappa shape index (κ3) is 9.05. The highest BCUT2D eigenvalue weighted by Crippen LogP contribution is 1.97. The van der Waals surface area contributed by atoms with Crippen LogP contribution in [-0.4, -0.2) is 18.2 Å². The number of aryl methyl sites for hydroxylation is 1. The van der Waals surface area contributed by atoms with Crippen molar-refractivity contribution in [1.29, 1.82) is 0 Å². The van der Waals surface area contributed by atoms with Crippen LogP contribution in [0.15, 0.2) is 18.7 Å². The Morgan fingerprint density at radius 3 is 2.56 bits per heavy atom. The van der Waals surface area contributed by atoms with Crippen LogP contribution in [-0.2, 0) is 11.3 Å². The Morgan fingerprint density at radius 2 is 2.12 bits per heavy atom. The maximum absolute atomic E-state index is 9.03. The fraction of sp³-hybridized carbons (Fsp3) is 0.636. The molecule has 0 aliphatic rings. The number of methoxy groups -OCH3 is 1. The number of rotatable bonds is 5. The van der Waals surface area contributed by atoms with E-state index in [4.69, 9.17) is 9.90 Å². The number of carbonyl (C=O) groups excluding carboxylic acids is 1. The van der Waals surface area contributed by atoms with Crippen molar-refractivity contribution in [3.63, 3.8) is 0 Å². The lowest BCUT2D eigenvalue weighted by Crippen LogP contribution is -2.30. The van der Waals surface area contributed by atoms with Crippen LogP contribution < -0.4 is 9.67 Å². The van der Waals surface area contributed by atoms with Gasteiger partial charge in [-0.05, 0) is 12.8 Å². The van der Waals surface area contributed by atoms with Gasteiger partial charge in [-0.3, -0.25) is 4.98 Å². The molecule has 0 aliphatic heterocycles. The monoisotopic (exact) mass is 228 g/mol. The first kappa shape index (κ1) is 14.5. The standard InChI is InChI=1S/C9H16N2.C2H4O3/c1-2-3-4-5-7-11-8-6-10-9-11;1-5-2(3)4/h6,8-9H,2-5,7H2,1H3;1H3,(H,3,4). The largest absolute Gasteiger partial charge is 0.553 e. The van der Waals surface area contributed by atoms with E-state index in [0.717, 1.165) is 13.7 Å². The second-order valence-electron chi connectivity index (χ2n) is 3.36. The van der Waals surface area contributed by atoms with Crippen molar-refractivity contribution in [2.24, 2.45) is 0 Å². The smallest absolute Gasteiger partial charge is 0.251 e. The Bertz CT molecular complexity index is 260. The molecule has 1 aromatic heterocycles. The molecule has 1 heterocycles. The van der Waals surface area contributed by atoms with Gasteiger partial charge in [-0.2, -0.15) is 0 Å². The number of carboxylic acid groups (broad SMARTS) is 1. The van der Waals surface area contributed by atoms with E-state index >= 15 is 0 Å². The summed E-state index contributed by atoms with van der Waals surface area (Å²) in [6, 6.07) is 0. The van der Waals surface area contributed by atoms with E-state index in [1.807, 2.05) is 12.5 Å². The first-order chi connectivity index (χ1) is 7.70. The molecule has 0 amide bonds. The van der Waals surface area contributed by atoms with Crippen molar-refractivity contribution >= 4 is 6.16 Å². The van der Waals surface area contributed by atoms with Crippen molar-refractivity contribution < 1.29 is 19.2 Å². The van der Waals surface area contributed by atoms with Crippen molar-refractivity contribution in [1.82, 2.24) is 4.98 Å². The van der Waals surface area contributed by atoms with Crippen molar-refractivity contribution in [2.45, 2.75) is 39.2 Å². The predicted octanol–water partition coefficient (Wildman–Crippen LogP) is 0.859. The van der Waals surface area contributed by atoms with Gasteiger partial charge in [0.05, 0.1) is 6.54 Å². The van der Waals surface area contributed by atoms with Gasteiger partial charge in [0, 0.05) is 7.11 Å². The maximum atomic E-state index is 9.03. The molecule has 0 saturated heterocycles. The van der Waals surface area contributed by atoms with Gasteiger partial charge in [0.15, 0.2) is 0 Å². The third-order valence-electron chi connectivity index (χ3n) is 2.04. The highest BCUT2D eigenvalue weighted by molar-refractivity contribution is 5.53. The zero-order chi connectivity index (χ0) is 12.2. The van der Waals surface area contributed by atoms with Crippen molar-refractivity contribution in [2.75, 3.05) is 7.11 Å². The fourth-order valence-corrected chi connectivity index (χ4v) is 1.18. The molecule has 0 aliphatic carbocycles. The molecule has 0 saturated carbocycles. The molecule has 1 rings (SSSR count). The zero-order valence-corrected chi connectivity index (χ0v) is 9.94. The number of aromatic nitrogens is 2. The van der Waals surface area contributed by atoms with Crippen LogP contribution in [0, 0.1) is 0 Å². The topological polar surface area (TPSA) is 69.0 Å². The summed E-state index contributed by atoms with van der Waals surface area (Å²) in [6.07, 6.45) is 9.89. The Labute approximate surface area is 96.1 Å². The Kier molecular flexibility index (Phi) is 9.06. The lowest BCUT2D eigenvalue weighted by Gasteiger charge is -1.95. The van der Waals surface area contributed by atoms with E-state index in [1.54, 1.807) is 0 Å². The summed E-state index contributed by atoms with van der Waals surface area (Å²) < 4.78 is 5.75. The number of H-pyrrole nitrogens is 1. The molecule has 5 heteroatoms. The molecule has 0 aromatic carbocycles. The number of nitrogens with zero attached hydrogens (tertiary/aromatic N) is 1. The van der Waals surface area contributed by atoms with Gasteiger partial charge in [0.1, 0.15) is 12.4 Å². The second kappa shape index (κ2) is 10.0. The van der Waals surface area contributed by atoms with Gasteiger partial charge < -0.3 is 14.6 Å². The van der Waals surface area contributed by atoms with Crippen molar-refractivity contribution in [3.05, 3.63) is 18.7 Å². The van der Waals surface area contributed by atoms with Gasteiger partial charge >= 0.3 is 0 Å². The predicted molar refractivity (Wildman–Crippen MR) is 57.5 cm³/mol. The zero-order valence-electron chi connectivity index (χ0n) is 9.94. The quantitative estimate of drug-likeness (QED) is 0.461. The molecule has 0 fully saturated rings. The van der Waals surface area contributed by atoms with Crippen LogP contribution in [0.3, 0.4) is 0 Å². The summed E-state index contributed by atoms with van der Waals surface area (Å²) in [7, 11) is 1.04. The van der Waals surface area contributed by atoms with Crippen LogP contribution >= 0.6 is 0 Å². The van der Waals surface area contributed by atoms with E-state index in [9.17, 15) is 0 Å². The first-order valence-electron chi connectivity index (χ1n) is 5.47. The van der Waals surface area contributed by atoms with E-state index in [-0.39, 0.29) is 0 Å². The second-order valence-corrected chi connectivity index (χ2v) is 3.36. The normalized spacial score (nSPS) is 9.12. The first-order valence-corrected chi connectivity index (χ1v) is 5.47. The minimum atomic E-state index is -1.50. The molecule has 1 N–H and O–H groups in total. The molecular weight excluding hydrogens is 208 g/mol. The van der Waals surface area contributed by atoms with Gasteiger partial charge in [-0.1, -0.05) is 19.8 Å². The van der Waals surface area contributed by atoms with Crippen LogP contribution in [0.25, 0.3) is 0 Å². The third-order valence-corrected chi connectivity index (χ3v) is 2.04. The summed E-state index contributed by atoms with van der Waals surface area (Å²) in [5.74, 6) is 0. The maximum Gasteiger partial charge on any atom is 0.251 e. The number of aromatic amines is 1. The molecule has 0 bridgehead atoms. The summed E-state index contributed by atoms with van der Waals surface area (Å²) in [5, 5.41) is 9.03. The van der Waals surface area contributed by atoms with Gasteiger partial charge in [0.25, 0.3) is 6.16 Å². The summed E-state index contributed by atoms with van der Waals surface area (Å²) in [6.45, 7) is 3.40. The van der Waals surface area contributed by atoms with Crippen LogP contribution in [0.5, 0.6) is 0 Å². The molecule has 1 aromatic rings. The molecule has 16 heavy (non-hydrogen) atoms. The molecule has 0 unspecified atom stereocenters. The molecule has 5 nitrogen and oxygen atoms in total. The molecular formula is C11H20N2O3. The number of carbonyl (C=O) groups is 1. The Morgan fingerprint density at radius 1 is 1.44 bits per heavy atom. The number of hydrogen-bond acceptors (Lipinski definition) is 3. The molecule has 0 atom stereocenters. The van der Waals surface area contributed by atoms with Gasteiger partial charge in [-0.25, -0.2) is 4.57 Å². The van der Waals surface area contributed by atoms with Crippen LogP contribution in [0.4, 0.5) is 4.79 Å². The highest BCUT2D eigenvalue weighted by atomic mass is 16.6. The minimum Gasteiger partial charge on any atom is -0.553 e. The number of ether oxygens (including phenoxy) is 1. The summed E-state index contributed by atoms with van der Waals surface area (Å²) in [4.78, 5) is 12.1. The van der Waals surface area contributed by atoms with Crippen molar-refractivity contribution in [3.8, 4) is 0 Å². The summed E-state index contributed by atoms with van der Waals surface area (Å²) >= 11 is 0. The Balaban J connectivity index is 0.000000385. The molecule has 0 spiro atoms. The van der Waals surface area contributed by atoms with Gasteiger partial charge in [0.2, 0.25) is 6.33 Å². The summed E-state index contributed by atoms with van der Waals surface area (Å²) in [5.41, 5.74) is 0. The number of imidazole rings is 1. The minimum absolute atomic E-state index is 1.04. The van der Waals surface area contributed by atoms with E-state index < -0.39 is 6.16 Å². The molecule has 0 radical (unpaired) electrons. The van der Waals surface area contributed by atoms with E-state index in [2.05, 4.69) is 27.4 Å². The van der Waals surface area contributed by atoms with E-state index in [0.29, 0.717) is 0 Å².